The van der Waals surface area contributed by atoms with E-state index in [1.165, 1.54) is 5.69 Å². The molecule has 0 radical (unpaired) electrons. The van der Waals surface area contributed by atoms with Gasteiger partial charge in [0.2, 0.25) is 5.91 Å². The average Bonchev–Trinajstić information content (AvgIpc) is 2.38. The summed E-state index contributed by atoms with van der Waals surface area (Å²) in [6.07, 6.45) is 2.67. The topological polar surface area (TPSA) is 32.3 Å². The van der Waals surface area contributed by atoms with Gasteiger partial charge in [-0.25, -0.2) is 0 Å². The Morgan fingerprint density at radius 3 is 2.35 bits per heavy atom. The van der Waals surface area contributed by atoms with E-state index in [-0.39, 0.29) is 11.3 Å². The highest BCUT2D eigenvalue weighted by Crippen LogP contribution is 2.21. The fraction of sp³-hybridized carbons (Fsp3) is 0.588. The Morgan fingerprint density at radius 2 is 1.80 bits per heavy atom. The Labute approximate surface area is 122 Å². The van der Waals surface area contributed by atoms with Crippen molar-refractivity contribution in [1.82, 2.24) is 5.32 Å². The summed E-state index contributed by atoms with van der Waals surface area (Å²) in [5.41, 5.74) is 1.35. The van der Waals surface area contributed by atoms with E-state index in [1.54, 1.807) is 0 Å². The van der Waals surface area contributed by atoms with E-state index in [0.29, 0.717) is 12.5 Å². The molecule has 1 saturated heterocycles. The summed E-state index contributed by atoms with van der Waals surface area (Å²) in [5, 5.41) is 3.18. The van der Waals surface area contributed by atoms with E-state index in [1.807, 2.05) is 6.07 Å². The summed E-state index contributed by atoms with van der Waals surface area (Å²) >= 11 is 0. The number of nitrogens with one attached hydrogen (secondary N) is 1. The molecule has 0 unspecified atom stereocenters. The molecule has 0 bridgehead atoms. The molecule has 20 heavy (non-hydrogen) atoms. The van der Waals surface area contributed by atoms with Crippen molar-refractivity contribution in [2.24, 2.45) is 5.41 Å². The van der Waals surface area contributed by atoms with E-state index in [9.17, 15) is 4.79 Å². The number of benzene rings is 1. The maximum atomic E-state index is 12.0. The maximum Gasteiger partial charge on any atom is 0.220 e. The molecule has 0 aliphatic carbocycles. The van der Waals surface area contributed by atoms with Crippen LogP contribution in [-0.2, 0) is 4.79 Å². The molecule has 1 aliphatic rings. The first-order valence-electron chi connectivity index (χ1n) is 7.53. The van der Waals surface area contributed by atoms with Gasteiger partial charge in [0.15, 0.2) is 0 Å². The fourth-order valence-corrected chi connectivity index (χ4v) is 2.68. The first-order chi connectivity index (χ1) is 9.44. The number of para-hydroxylation sites is 1. The second kappa shape index (κ2) is 6.29. The second-order valence-corrected chi connectivity index (χ2v) is 6.90. The quantitative estimate of drug-likeness (QED) is 0.918. The van der Waals surface area contributed by atoms with Crippen LogP contribution in [0.3, 0.4) is 0 Å². The van der Waals surface area contributed by atoms with Crippen molar-refractivity contribution in [3.05, 3.63) is 30.3 Å². The highest BCUT2D eigenvalue weighted by Gasteiger charge is 2.22. The first kappa shape index (κ1) is 14.9. The molecule has 1 fully saturated rings. The minimum atomic E-state index is 0.0643. The zero-order chi connectivity index (χ0) is 14.6. The van der Waals surface area contributed by atoms with Crippen molar-refractivity contribution in [1.29, 1.82) is 0 Å². The van der Waals surface area contributed by atoms with E-state index in [0.717, 1.165) is 25.9 Å². The number of amides is 1. The van der Waals surface area contributed by atoms with Crippen LogP contribution in [0.5, 0.6) is 0 Å². The molecule has 2 rings (SSSR count). The van der Waals surface area contributed by atoms with Gasteiger partial charge >= 0.3 is 0 Å². The Balaban J connectivity index is 1.79. The summed E-state index contributed by atoms with van der Waals surface area (Å²) < 4.78 is 0. The maximum absolute atomic E-state index is 12.0. The number of hydrogen-bond donors (Lipinski definition) is 1. The molecule has 1 aromatic rings. The van der Waals surface area contributed by atoms with E-state index < -0.39 is 0 Å². The van der Waals surface area contributed by atoms with Crippen molar-refractivity contribution >= 4 is 11.6 Å². The third-order valence-corrected chi connectivity index (χ3v) is 3.67. The summed E-state index contributed by atoms with van der Waals surface area (Å²) in [5.74, 6) is 0.190. The molecular formula is C17H26N2O. The van der Waals surface area contributed by atoms with Gasteiger partial charge in [-0.3, -0.25) is 4.79 Å². The van der Waals surface area contributed by atoms with E-state index in [4.69, 9.17) is 0 Å². The molecule has 0 spiro atoms. The van der Waals surface area contributed by atoms with Crippen molar-refractivity contribution in [3.63, 3.8) is 0 Å². The van der Waals surface area contributed by atoms with Crippen molar-refractivity contribution in [2.75, 3.05) is 18.0 Å². The normalized spacial score (nSPS) is 17.1. The monoisotopic (exact) mass is 274 g/mol. The minimum absolute atomic E-state index is 0.0643. The van der Waals surface area contributed by atoms with Gasteiger partial charge in [0.05, 0.1) is 0 Å². The summed E-state index contributed by atoms with van der Waals surface area (Å²) in [4.78, 5) is 14.3. The van der Waals surface area contributed by atoms with Gasteiger partial charge in [-0.2, -0.15) is 0 Å². The lowest BCUT2D eigenvalue weighted by molar-refractivity contribution is -0.123. The molecule has 1 amide bonds. The highest BCUT2D eigenvalue weighted by molar-refractivity contribution is 5.76. The number of piperidine rings is 1. The van der Waals surface area contributed by atoms with Gasteiger partial charge in [-0.05, 0) is 30.4 Å². The summed E-state index contributed by atoms with van der Waals surface area (Å²) in [6.45, 7) is 8.34. The third kappa shape index (κ3) is 4.55. The molecule has 0 saturated carbocycles. The van der Waals surface area contributed by atoms with E-state index in [2.05, 4.69) is 55.3 Å². The predicted molar refractivity (Wildman–Crippen MR) is 83.9 cm³/mol. The van der Waals surface area contributed by atoms with Gasteiger partial charge in [0.1, 0.15) is 0 Å². The first-order valence-corrected chi connectivity index (χ1v) is 7.53. The molecule has 3 nitrogen and oxygen atoms in total. The van der Waals surface area contributed by atoms with Gasteiger partial charge < -0.3 is 10.2 Å². The molecule has 1 aromatic carbocycles. The third-order valence-electron chi connectivity index (χ3n) is 3.67. The lowest BCUT2D eigenvalue weighted by Gasteiger charge is -2.34. The molecule has 110 valence electrons. The molecule has 1 heterocycles. The van der Waals surface area contributed by atoms with Crippen LogP contribution in [0.1, 0.15) is 40.0 Å². The van der Waals surface area contributed by atoms with Crippen LogP contribution < -0.4 is 10.2 Å². The standard InChI is InChI=1S/C17H26N2O/c1-17(2,3)13-16(20)18-14-9-11-19(12-10-14)15-7-5-4-6-8-15/h4-8,14H,9-13H2,1-3H3,(H,18,20). The lowest BCUT2D eigenvalue weighted by Crippen LogP contribution is -2.45. The van der Waals surface area contributed by atoms with Crippen LogP contribution in [0, 0.1) is 5.41 Å². The molecule has 3 heteroatoms. The van der Waals surface area contributed by atoms with Gasteiger partial charge in [-0.1, -0.05) is 39.0 Å². The summed E-state index contributed by atoms with van der Waals surface area (Å²) in [7, 11) is 0. The number of carbonyl (C=O) groups is 1. The largest absolute Gasteiger partial charge is 0.371 e. The Bertz CT molecular complexity index is 428. The van der Waals surface area contributed by atoms with Gasteiger partial charge in [0, 0.05) is 31.2 Å². The zero-order valence-corrected chi connectivity index (χ0v) is 12.9. The summed E-state index contributed by atoms with van der Waals surface area (Å²) in [6, 6.07) is 10.8. The van der Waals surface area contributed by atoms with Crippen LogP contribution >= 0.6 is 0 Å². The van der Waals surface area contributed by atoms with Crippen molar-refractivity contribution < 1.29 is 4.79 Å². The molecule has 1 aliphatic heterocycles. The SMILES string of the molecule is CC(C)(C)CC(=O)NC1CCN(c2ccccc2)CC1. The van der Waals surface area contributed by atoms with Gasteiger partial charge in [0.25, 0.3) is 0 Å². The minimum Gasteiger partial charge on any atom is -0.371 e. The molecular weight excluding hydrogens is 248 g/mol. The van der Waals surface area contributed by atoms with Crippen LogP contribution in [0.2, 0.25) is 0 Å². The second-order valence-electron chi connectivity index (χ2n) is 6.90. The van der Waals surface area contributed by atoms with Crippen molar-refractivity contribution in [2.45, 2.75) is 46.1 Å². The Morgan fingerprint density at radius 1 is 1.20 bits per heavy atom. The van der Waals surface area contributed by atoms with Crippen LogP contribution in [0.15, 0.2) is 30.3 Å². The highest BCUT2D eigenvalue weighted by atomic mass is 16.1. The Hall–Kier alpha value is -1.51. The number of nitrogens with zero attached hydrogens (tertiary/aromatic N) is 1. The Kier molecular flexibility index (Phi) is 4.69. The van der Waals surface area contributed by atoms with Crippen LogP contribution in [0.25, 0.3) is 0 Å². The van der Waals surface area contributed by atoms with Crippen LogP contribution in [-0.4, -0.2) is 25.0 Å². The molecule has 1 N–H and O–H groups in total. The fourth-order valence-electron chi connectivity index (χ4n) is 2.68. The molecule has 0 aromatic heterocycles. The van der Waals surface area contributed by atoms with E-state index >= 15 is 0 Å². The number of anilines is 1. The van der Waals surface area contributed by atoms with Crippen LogP contribution in [0.4, 0.5) is 5.69 Å². The molecule has 0 atom stereocenters. The average molecular weight is 274 g/mol. The lowest BCUT2D eigenvalue weighted by atomic mass is 9.91. The van der Waals surface area contributed by atoms with Gasteiger partial charge in [-0.15, -0.1) is 0 Å². The number of hydrogen-bond acceptors (Lipinski definition) is 2. The number of carbonyl (C=O) groups excluding carboxylic acids is 1. The zero-order valence-electron chi connectivity index (χ0n) is 12.9. The predicted octanol–water partition coefficient (Wildman–Crippen LogP) is 3.21. The smallest absolute Gasteiger partial charge is 0.220 e. The van der Waals surface area contributed by atoms with Crippen molar-refractivity contribution in [3.8, 4) is 0 Å². The number of rotatable bonds is 3.